The van der Waals surface area contributed by atoms with Gasteiger partial charge in [0.15, 0.2) is 0 Å². The minimum Gasteiger partial charge on any atom is -0.305 e. The average molecular weight is 280 g/mol. The largest absolute Gasteiger partial charge is 0.305 e. The first-order valence-electron chi connectivity index (χ1n) is 5.23. The van der Waals surface area contributed by atoms with E-state index in [0.29, 0.717) is 6.04 Å². The molecule has 0 radical (unpaired) electrons. The van der Waals surface area contributed by atoms with Gasteiger partial charge in [-0.2, -0.15) is 5.10 Å². The van der Waals surface area contributed by atoms with Crippen molar-refractivity contribution in [1.82, 2.24) is 15.5 Å². The fourth-order valence-electron chi connectivity index (χ4n) is 1.52. The maximum Gasteiger partial charge on any atom is 0.0490 e. The first-order chi connectivity index (χ1) is 7.75. The van der Waals surface area contributed by atoms with E-state index < -0.39 is 0 Å². The van der Waals surface area contributed by atoms with Gasteiger partial charge in [0.05, 0.1) is 0 Å². The van der Waals surface area contributed by atoms with Gasteiger partial charge in [-0.1, -0.05) is 28.1 Å². The molecule has 2 N–H and O–H groups in total. The summed E-state index contributed by atoms with van der Waals surface area (Å²) in [5.41, 5.74) is 2.38. The van der Waals surface area contributed by atoms with Crippen LogP contribution in [0.1, 0.15) is 24.2 Å². The van der Waals surface area contributed by atoms with Crippen molar-refractivity contribution in [3.63, 3.8) is 0 Å². The van der Waals surface area contributed by atoms with Gasteiger partial charge in [-0.25, -0.2) is 0 Å². The summed E-state index contributed by atoms with van der Waals surface area (Å²) in [6, 6.07) is 10.7. The average Bonchev–Trinajstić information content (AvgIpc) is 2.80. The zero-order valence-electron chi connectivity index (χ0n) is 9.07. The van der Waals surface area contributed by atoms with Gasteiger partial charge in [-0.15, -0.1) is 0 Å². The predicted molar refractivity (Wildman–Crippen MR) is 68.0 cm³/mol. The summed E-state index contributed by atoms with van der Waals surface area (Å²) < 4.78 is 1.11. The molecule has 3 nitrogen and oxygen atoms in total. The second-order valence-corrected chi connectivity index (χ2v) is 4.65. The molecule has 16 heavy (non-hydrogen) atoms. The highest BCUT2D eigenvalue weighted by Crippen LogP contribution is 2.16. The van der Waals surface area contributed by atoms with Gasteiger partial charge < -0.3 is 5.32 Å². The summed E-state index contributed by atoms with van der Waals surface area (Å²) >= 11 is 3.43. The van der Waals surface area contributed by atoms with Crippen LogP contribution in [0.5, 0.6) is 0 Å². The van der Waals surface area contributed by atoms with Crippen molar-refractivity contribution in [2.24, 2.45) is 0 Å². The van der Waals surface area contributed by atoms with Gasteiger partial charge in [-0.05, 0) is 30.7 Å². The van der Waals surface area contributed by atoms with E-state index in [0.717, 1.165) is 16.7 Å². The SMILES string of the molecule is C[C@H](NCc1ccn[nH]1)c1ccc(Br)cc1. The molecule has 1 atom stereocenters. The van der Waals surface area contributed by atoms with Crippen LogP contribution in [0.4, 0.5) is 0 Å². The summed E-state index contributed by atoms with van der Waals surface area (Å²) in [7, 11) is 0. The molecular formula is C12H14BrN3. The molecule has 0 saturated carbocycles. The number of rotatable bonds is 4. The van der Waals surface area contributed by atoms with Crippen molar-refractivity contribution in [2.45, 2.75) is 19.5 Å². The van der Waals surface area contributed by atoms with E-state index >= 15 is 0 Å². The lowest BCUT2D eigenvalue weighted by Gasteiger charge is -2.13. The fraction of sp³-hybridized carbons (Fsp3) is 0.250. The number of aromatic amines is 1. The van der Waals surface area contributed by atoms with Crippen LogP contribution in [-0.4, -0.2) is 10.2 Å². The van der Waals surface area contributed by atoms with Crippen LogP contribution >= 0.6 is 15.9 Å². The van der Waals surface area contributed by atoms with Gasteiger partial charge in [-0.3, -0.25) is 5.10 Å². The molecule has 2 aromatic rings. The lowest BCUT2D eigenvalue weighted by atomic mass is 10.1. The maximum atomic E-state index is 3.91. The molecule has 1 heterocycles. The summed E-state index contributed by atoms with van der Waals surface area (Å²) in [4.78, 5) is 0. The Kier molecular flexibility index (Phi) is 3.74. The first kappa shape index (κ1) is 11.4. The molecule has 0 saturated heterocycles. The fourth-order valence-corrected chi connectivity index (χ4v) is 1.78. The highest BCUT2D eigenvalue weighted by molar-refractivity contribution is 9.10. The molecule has 0 bridgehead atoms. The second kappa shape index (κ2) is 5.27. The standard InChI is InChI=1S/C12H14BrN3/c1-9(10-2-4-11(13)5-3-10)14-8-12-6-7-15-16-12/h2-7,9,14H,8H2,1H3,(H,15,16)/t9-/m0/s1. The van der Waals surface area contributed by atoms with Crippen LogP contribution in [-0.2, 0) is 6.54 Å². The zero-order valence-corrected chi connectivity index (χ0v) is 10.7. The summed E-state index contributed by atoms with van der Waals surface area (Å²) in [6.45, 7) is 2.96. The molecule has 1 aromatic heterocycles. The number of hydrogen-bond donors (Lipinski definition) is 2. The Bertz CT molecular complexity index is 422. The van der Waals surface area contributed by atoms with Crippen LogP contribution in [0.15, 0.2) is 41.0 Å². The van der Waals surface area contributed by atoms with Gasteiger partial charge in [0, 0.05) is 29.0 Å². The topological polar surface area (TPSA) is 40.7 Å². The van der Waals surface area contributed by atoms with E-state index in [4.69, 9.17) is 0 Å². The normalized spacial score (nSPS) is 12.6. The van der Waals surface area contributed by atoms with Crippen molar-refractivity contribution in [1.29, 1.82) is 0 Å². The molecule has 0 unspecified atom stereocenters. The number of hydrogen-bond acceptors (Lipinski definition) is 2. The molecule has 0 aliphatic rings. The quantitative estimate of drug-likeness (QED) is 0.903. The van der Waals surface area contributed by atoms with Crippen LogP contribution in [0.25, 0.3) is 0 Å². The van der Waals surface area contributed by atoms with Crippen molar-refractivity contribution in [2.75, 3.05) is 0 Å². The van der Waals surface area contributed by atoms with Crippen molar-refractivity contribution >= 4 is 15.9 Å². The minimum absolute atomic E-state index is 0.330. The summed E-state index contributed by atoms with van der Waals surface area (Å²) in [5.74, 6) is 0. The number of nitrogens with one attached hydrogen (secondary N) is 2. The van der Waals surface area contributed by atoms with E-state index in [9.17, 15) is 0 Å². The minimum atomic E-state index is 0.330. The molecule has 4 heteroatoms. The molecular weight excluding hydrogens is 266 g/mol. The van der Waals surface area contributed by atoms with E-state index in [1.807, 2.05) is 6.07 Å². The maximum absolute atomic E-state index is 3.91. The van der Waals surface area contributed by atoms with E-state index in [1.54, 1.807) is 6.20 Å². The Morgan fingerprint density at radius 1 is 1.31 bits per heavy atom. The highest BCUT2D eigenvalue weighted by atomic mass is 79.9. The van der Waals surface area contributed by atoms with E-state index in [-0.39, 0.29) is 0 Å². The summed E-state index contributed by atoms with van der Waals surface area (Å²) in [5, 5.41) is 10.3. The van der Waals surface area contributed by atoms with Gasteiger partial charge in [0.2, 0.25) is 0 Å². The van der Waals surface area contributed by atoms with Gasteiger partial charge in [0.25, 0.3) is 0 Å². The Balaban J connectivity index is 1.93. The zero-order chi connectivity index (χ0) is 11.4. The van der Waals surface area contributed by atoms with Gasteiger partial charge in [0.1, 0.15) is 0 Å². The monoisotopic (exact) mass is 279 g/mol. The smallest absolute Gasteiger partial charge is 0.0490 e. The lowest BCUT2D eigenvalue weighted by Crippen LogP contribution is -2.18. The number of halogens is 1. The van der Waals surface area contributed by atoms with Crippen LogP contribution in [0.2, 0.25) is 0 Å². The molecule has 84 valence electrons. The Morgan fingerprint density at radius 3 is 2.69 bits per heavy atom. The molecule has 0 aliphatic carbocycles. The van der Waals surface area contributed by atoms with E-state index in [1.165, 1.54) is 5.56 Å². The molecule has 0 fully saturated rings. The first-order valence-corrected chi connectivity index (χ1v) is 6.02. The third kappa shape index (κ3) is 2.93. The van der Waals surface area contributed by atoms with Crippen LogP contribution in [0, 0.1) is 0 Å². The third-order valence-electron chi connectivity index (χ3n) is 2.53. The molecule has 0 aliphatic heterocycles. The predicted octanol–water partition coefficient (Wildman–Crippen LogP) is 3.02. The summed E-state index contributed by atoms with van der Waals surface area (Å²) in [6.07, 6.45) is 1.77. The number of benzene rings is 1. The molecule has 1 aromatic carbocycles. The second-order valence-electron chi connectivity index (χ2n) is 3.74. The lowest BCUT2D eigenvalue weighted by molar-refractivity contribution is 0.567. The molecule has 0 amide bonds. The number of H-pyrrole nitrogens is 1. The Morgan fingerprint density at radius 2 is 2.06 bits per heavy atom. The van der Waals surface area contributed by atoms with Crippen molar-refractivity contribution in [3.8, 4) is 0 Å². The number of nitrogens with zero attached hydrogens (tertiary/aromatic N) is 1. The van der Waals surface area contributed by atoms with Crippen molar-refractivity contribution < 1.29 is 0 Å². The highest BCUT2D eigenvalue weighted by Gasteiger charge is 2.04. The van der Waals surface area contributed by atoms with E-state index in [2.05, 4.69) is 62.6 Å². The van der Waals surface area contributed by atoms with Crippen LogP contribution in [0.3, 0.4) is 0 Å². The van der Waals surface area contributed by atoms with Gasteiger partial charge >= 0.3 is 0 Å². The van der Waals surface area contributed by atoms with Crippen LogP contribution < -0.4 is 5.32 Å². The molecule has 0 spiro atoms. The Labute approximate surface area is 103 Å². The number of aromatic nitrogens is 2. The third-order valence-corrected chi connectivity index (χ3v) is 3.06. The Hall–Kier alpha value is -1.13. The molecule has 2 rings (SSSR count). The van der Waals surface area contributed by atoms with Crippen molar-refractivity contribution in [3.05, 3.63) is 52.3 Å².